The summed E-state index contributed by atoms with van der Waals surface area (Å²) in [5, 5.41) is 0.487. The van der Waals surface area contributed by atoms with E-state index >= 15 is 0 Å². The Bertz CT molecular complexity index is 810. The first-order valence-corrected chi connectivity index (χ1v) is 8.74. The standard InChI is InChI=1S/C13H10BrClN2O2S2/c14-10-7-8(5-6-11(10)15)17-21(18,19)12-4-2-1-3-9(12)13(16)20/h1-7,17H,(H2,16,20). The zero-order valence-electron chi connectivity index (χ0n) is 10.5. The second-order valence-corrected chi connectivity index (χ2v) is 7.45. The van der Waals surface area contributed by atoms with Crippen LogP contribution in [0.5, 0.6) is 0 Å². The van der Waals surface area contributed by atoms with Crippen molar-refractivity contribution in [2.75, 3.05) is 4.72 Å². The Balaban J connectivity index is 2.43. The maximum Gasteiger partial charge on any atom is 0.262 e. The quantitative estimate of drug-likeness (QED) is 0.763. The van der Waals surface area contributed by atoms with Gasteiger partial charge in [-0.15, -0.1) is 0 Å². The summed E-state index contributed by atoms with van der Waals surface area (Å²) >= 11 is 14.0. The fourth-order valence-electron chi connectivity index (χ4n) is 1.67. The molecule has 3 N–H and O–H groups in total. The van der Waals surface area contributed by atoms with E-state index in [2.05, 4.69) is 20.7 Å². The summed E-state index contributed by atoms with van der Waals surface area (Å²) in [6, 6.07) is 11.0. The largest absolute Gasteiger partial charge is 0.389 e. The molecule has 0 spiro atoms. The molecule has 0 fully saturated rings. The van der Waals surface area contributed by atoms with Gasteiger partial charge < -0.3 is 5.73 Å². The number of anilines is 1. The minimum absolute atomic E-state index is 0.0215. The topological polar surface area (TPSA) is 72.2 Å². The van der Waals surface area contributed by atoms with E-state index in [1.807, 2.05) is 0 Å². The molecule has 0 radical (unpaired) electrons. The fraction of sp³-hybridized carbons (Fsp3) is 0. The molecule has 2 aromatic rings. The number of halogens is 2. The highest BCUT2D eigenvalue weighted by Gasteiger charge is 2.19. The van der Waals surface area contributed by atoms with E-state index in [4.69, 9.17) is 29.6 Å². The molecule has 0 saturated carbocycles. The maximum absolute atomic E-state index is 12.4. The Morgan fingerprint density at radius 2 is 1.90 bits per heavy atom. The highest BCUT2D eigenvalue weighted by Crippen LogP contribution is 2.27. The predicted molar refractivity (Wildman–Crippen MR) is 92.3 cm³/mol. The highest BCUT2D eigenvalue weighted by atomic mass is 79.9. The minimum Gasteiger partial charge on any atom is -0.389 e. The summed E-state index contributed by atoms with van der Waals surface area (Å²) in [6.07, 6.45) is 0. The molecular formula is C13H10BrClN2O2S2. The zero-order valence-corrected chi connectivity index (χ0v) is 14.5. The van der Waals surface area contributed by atoms with E-state index in [1.54, 1.807) is 36.4 Å². The number of thiocarbonyl (C=S) groups is 1. The number of sulfonamides is 1. The maximum atomic E-state index is 12.4. The Morgan fingerprint density at radius 3 is 2.52 bits per heavy atom. The third kappa shape index (κ3) is 3.74. The number of nitrogens with one attached hydrogen (secondary N) is 1. The Labute approximate surface area is 141 Å². The first-order valence-electron chi connectivity index (χ1n) is 5.68. The van der Waals surface area contributed by atoms with Gasteiger partial charge in [0.15, 0.2) is 0 Å². The van der Waals surface area contributed by atoms with Gasteiger partial charge in [-0.2, -0.15) is 0 Å². The lowest BCUT2D eigenvalue weighted by atomic mass is 10.2. The van der Waals surface area contributed by atoms with Crippen molar-refractivity contribution in [2.45, 2.75) is 4.90 Å². The second kappa shape index (κ2) is 6.31. The van der Waals surface area contributed by atoms with Crippen molar-refractivity contribution in [1.82, 2.24) is 0 Å². The summed E-state index contributed by atoms with van der Waals surface area (Å²) in [6.45, 7) is 0. The molecule has 2 rings (SSSR count). The van der Waals surface area contributed by atoms with Crippen LogP contribution < -0.4 is 10.5 Å². The summed E-state index contributed by atoms with van der Waals surface area (Å²) in [5.41, 5.74) is 6.24. The van der Waals surface area contributed by atoms with Gasteiger partial charge in [-0.3, -0.25) is 4.72 Å². The smallest absolute Gasteiger partial charge is 0.262 e. The number of benzene rings is 2. The number of hydrogen-bond donors (Lipinski definition) is 2. The van der Waals surface area contributed by atoms with Crippen molar-refractivity contribution in [3.05, 3.63) is 57.5 Å². The molecule has 4 nitrogen and oxygen atoms in total. The molecular weight excluding hydrogens is 396 g/mol. The van der Waals surface area contributed by atoms with Crippen LogP contribution in [0, 0.1) is 0 Å². The van der Waals surface area contributed by atoms with E-state index in [0.29, 0.717) is 20.7 Å². The van der Waals surface area contributed by atoms with Gasteiger partial charge in [-0.1, -0.05) is 42.0 Å². The van der Waals surface area contributed by atoms with Crippen molar-refractivity contribution < 1.29 is 8.42 Å². The third-order valence-corrected chi connectivity index (χ3v) is 5.49. The Morgan fingerprint density at radius 1 is 1.24 bits per heavy atom. The van der Waals surface area contributed by atoms with Gasteiger partial charge in [0, 0.05) is 10.0 Å². The molecule has 0 amide bonds. The van der Waals surface area contributed by atoms with Crippen LogP contribution >= 0.6 is 39.7 Å². The van der Waals surface area contributed by atoms with E-state index in [-0.39, 0.29) is 9.88 Å². The first-order chi connectivity index (χ1) is 9.81. The first kappa shape index (κ1) is 16.2. The molecule has 21 heavy (non-hydrogen) atoms. The van der Waals surface area contributed by atoms with Crippen LogP contribution in [0.25, 0.3) is 0 Å². The lowest BCUT2D eigenvalue weighted by Gasteiger charge is -2.12. The summed E-state index contributed by atoms with van der Waals surface area (Å²) in [5.74, 6) is 0. The van der Waals surface area contributed by atoms with Crippen LogP contribution in [0.15, 0.2) is 51.8 Å². The van der Waals surface area contributed by atoms with E-state index in [9.17, 15) is 8.42 Å². The average molecular weight is 406 g/mol. The third-order valence-electron chi connectivity index (χ3n) is 2.61. The molecule has 0 aliphatic carbocycles. The monoisotopic (exact) mass is 404 g/mol. The predicted octanol–water partition coefficient (Wildman–Crippen LogP) is 3.54. The molecule has 0 bridgehead atoms. The number of nitrogens with two attached hydrogens (primary N) is 1. The van der Waals surface area contributed by atoms with Crippen LogP contribution in [-0.4, -0.2) is 13.4 Å². The Hall–Kier alpha value is -1.15. The molecule has 110 valence electrons. The van der Waals surface area contributed by atoms with Gasteiger partial charge in [0.1, 0.15) is 4.99 Å². The van der Waals surface area contributed by atoms with E-state index < -0.39 is 10.0 Å². The summed E-state index contributed by atoms with van der Waals surface area (Å²) in [7, 11) is -3.80. The van der Waals surface area contributed by atoms with Gasteiger partial charge in [0.25, 0.3) is 10.0 Å². The van der Waals surface area contributed by atoms with Crippen molar-refractivity contribution in [3.8, 4) is 0 Å². The van der Waals surface area contributed by atoms with Crippen LogP contribution in [0.4, 0.5) is 5.69 Å². The van der Waals surface area contributed by atoms with Gasteiger partial charge >= 0.3 is 0 Å². The molecule has 0 heterocycles. The van der Waals surface area contributed by atoms with Gasteiger partial charge in [-0.25, -0.2) is 8.42 Å². The van der Waals surface area contributed by atoms with Crippen molar-refractivity contribution >= 4 is 60.4 Å². The SMILES string of the molecule is NC(=S)c1ccccc1S(=O)(=O)Nc1ccc(Cl)c(Br)c1. The van der Waals surface area contributed by atoms with Crippen molar-refractivity contribution in [2.24, 2.45) is 5.73 Å². The molecule has 0 unspecified atom stereocenters. The van der Waals surface area contributed by atoms with Crippen LogP contribution in [-0.2, 0) is 10.0 Å². The number of rotatable bonds is 4. The highest BCUT2D eigenvalue weighted by molar-refractivity contribution is 9.10. The zero-order chi connectivity index (χ0) is 15.6. The van der Waals surface area contributed by atoms with Gasteiger partial charge in [-0.05, 0) is 40.2 Å². The van der Waals surface area contributed by atoms with Gasteiger partial charge in [0.05, 0.1) is 15.6 Å². The lowest BCUT2D eigenvalue weighted by molar-refractivity contribution is 0.601. The van der Waals surface area contributed by atoms with Crippen molar-refractivity contribution in [3.63, 3.8) is 0 Å². The van der Waals surface area contributed by atoms with E-state index in [1.165, 1.54) is 6.07 Å². The van der Waals surface area contributed by atoms with Crippen LogP contribution in [0.1, 0.15) is 5.56 Å². The van der Waals surface area contributed by atoms with Crippen molar-refractivity contribution in [1.29, 1.82) is 0 Å². The molecule has 0 aliphatic heterocycles. The summed E-state index contributed by atoms with van der Waals surface area (Å²) < 4.78 is 28.0. The molecule has 0 aliphatic rings. The normalized spacial score (nSPS) is 11.1. The lowest BCUT2D eigenvalue weighted by Crippen LogP contribution is -2.19. The molecule has 0 atom stereocenters. The fourth-order valence-corrected chi connectivity index (χ4v) is 3.69. The molecule has 8 heteroatoms. The summed E-state index contributed by atoms with van der Waals surface area (Å²) in [4.78, 5) is 0.0526. The van der Waals surface area contributed by atoms with Gasteiger partial charge in [0.2, 0.25) is 0 Å². The average Bonchev–Trinajstić information content (AvgIpc) is 2.42. The molecule has 0 saturated heterocycles. The van der Waals surface area contributed by atoms with E-state index in [0.717, 1.165) is 0 Å². The number of hydrogen-bond acceptors (Lipinski definition) is 3. The van der Waals surface area contributed by atoms with Crippen LogP contribution in [0.2, 0.25) is 5.02 Å². The second-order valence-electron chi connectivity index (χ2n) is 4.09. The molecule has 2 aromatic carbocycles. The van der Waals surface area contributed by atoms with Crippen LogP contribution in [0.3, 0.4) is 0 Å². The Kier molecular flexibility index (Phi) is 4.88. The molecule has 0 aromatic heterocycles. The minimum atomic E-state index is -3.80.